The van der Waals surface area contributed by atoms with E-state index in [0.717, 1.165) is 47.7 Å². The predicted octanol–water partition coefficient (Wildman–Crippen LogP) is 5.57. The second-order valence-electron chi connectivity index (χ2n) is 8.14. The van der Waals surface area contributed by atoms with Crippen LogP contribution in [0.2, 0.25) is 0 Å². The molecule has 146 valence electrons. The molecule has 1 aromatic heterocycles. The van der Waals surface area contributed by atoms with E-state index >= 15 is 0 Å². The molecule has 1 aliphatic rings. The number of aromatic nitrogens is 2. The van der Waals surface area contributed by atoms with Gasteiger partial charge in [0.2, 0.25) is 5.91 Å². The number of hydrogen-bond donors (Lipinski definition) is 2. The zero-order valence-corrected chi connectivity index (χ0v) is 16.6. The third-order valence-electron chi connectivity index (χ3n) is 5.80. The van der Waals surface area contributed by atoms with Crippen molar-refractivity contribution in [1.82, 2.24) is 9.97 Å². The van der Waals surface area contributed by atoms with E-state index in [4.69, 9.17) is 0 Å². The van der Waals surface area contributed by atoms with Crippen LogP contribution < -0.4 is 5.32 Å². The molecule has 0 bridgehead atoms. The summed E-state index contributed by atoms with van der Waals surface area (Å²) in [6, 6.07) is 14.5. The molecular weight excluding hydrogens is 346 g/mol. The molecule has 0 aliphatic heterocycles. The van der Waals surface area contributed by atoms with Crippen LogP contribution in [0.25, 0.3) is 11.0 Å². The van der Waals surface area contributed by atoms with Gasteiger partial charge in [0.15, 0.2) is 0 Å². The second-order valence-corrected chi connectivity index (χ2v) is 8.14. The summed E-state index contributed by atoms with van der Waals surface area (Å²) in [5.74, 6) is 1.90. The largest absolute Gasteiger partial charge is 0.342 e. The maximum Gasteiger partial charge on any atom is 0.224 e. The number of anilines is 1. The van der Waals surface area contributed by atoms with E-state index < -0.39 is 0 Å². The first-order valence-corrected chi connectivity index (χ1v) is 10.5. The van der Waals surface area contributed by atoms with E-state index in [-0.39, 0.29) is 5.91 Å². The van der Waals surface area contributed by atoms with Gasteiger partial charge < -0.3 is 10.3 Å². The summed E-state index contributed by atoms with van der Waals surface area (Å²) in [4.78, 5) is 20.4. The highest BCUT2D eigenvalue weighted by Gasteiger charge is 2.16. The van der Waals surface area contributed by atoms with Crippen LogP contribution in [-0.2, 0) is 17.6 Å². The van der Waals surface area contributed by atoms with Crippen LogP contribution in [0, 0.1) is 12.8 Å². The average Bonchev–Trinajstić information content (AvgIpc) is 3.34. The van der Waals surface area contributed by atoms with Gasteiger partial charge in [-0.1, -0.05) is 43.9 Å². The number of hydrogen-bond acceptors (Lipinski definition) is 2. The van der Waals surface area contributed by atoms with E-state index in [9.17, 15) is 4.79 Å². The van der Waals surface area contributed by atoms with Gasteiger partial charge in [0.1, 0.15) is 5.82 Å². The molecule has 0 unspecified atom stereocenters. The summed E-state index contributed by atoms with van der Waals surface area (Å²) in [7, 11) is 0. The number of aromatic amines is 1. The van der Waals surface area contributed by atoms with Gasteiger partial charge in [-0.2, -0.15) is 0 Å². The Labute approximate surface area is 166 Å². The van der Waals surface area contributed by atoms with E-state index in [0.29, 0.717) is 6.42 Å². The Kier molecular flexibility index (Phi) is 5.75. The highest BCUT2D eigenvalue weighted by Crippen LogP contribution is 2.28. The van der Waals surface area contributed by atoms with Crippen molar-refractivity contribution < 1.29 is 4.79 Å². The standard InChI is InChI=1S/C24H29N3O/c1-17-9-12-21-22(15-17)27-23(26-21)13-10-19-7-4-8-20(16-19)25-24(28)14-11-18-5-2-3-6-18/h4,7-9,12,15-16,18H,2-3,5-6,10-11,13-14H2,1H3,(H,25,28)(H,26,27). The fourth-order valence-corrected chi connectivity index (χ4v) is 4.22. The van der Waals surface area contributed by atoms with Gasteiger partial charge in [-0.25, -0.2) is 4.98 Å². The molecule has 0 atom stereocenters. The number of rotatable bonds is 7. The normalized spacial score (nSPS) is 14.6. The van der Waals surface area contributed by atoms with Crippen molar-refractivity contribution in [2.45, 2.75) is 58.3 Å². The molecule has 0 spiro atoms. The maximum atomic E-state index is 12.3. The van der Waals surface area contributed by atoms with E-state index in [1.54, 1.807) is 0 Å². The number of nitrogens with zero attached hydrogens (tertiary/aromatic N) is 1. The zero-order valence-electron chi connectivity index (χ0n) is 16.6. The van der Waals surface area contributed by atoms with Gasteiger partial charge in [-0.3, -0.25) is 4.79 Å². The lowest BCUT2D eigenvalue weighted by molar-refractivity contribution is -0.116. The molecule has 1 saturated carbocycles. The molecule has 0 radical (unpaired) electrons. The highest BCUT2D eigenvalue weighted by molar-refractivity contribution is 5.90. The molecule has 4 nitrogen and oxygen atoms in total. The number of amides is 1. The van der Waals surface area contributed by atoms with Crippen molar-refractivity contribution in [3.8, 4) is 0 Å². The molecule has 4 rings (SSSR count). The van der Waals surface area contributed by atoms with Crippen molar-refractivity contribution in [2.75, 3.05) is 5.32 Å². The molecule has 0 saturated heterocycles. The van der Waals surface area contributed by atoms with E-state index in [1.807, 2.05) is 12.1 Å². The topological polar surface area (TPSA) is 57.8 Å². The van der Waals surface area contributed by atoms with Crippen LogP contribution in [-0.4, -0.2) is 15.9 Å². The lowest BCUT2D eigenvalue weighted by atomic mass is 10.0. The minimum atomic E-state index is 0.136. The number of carbonyl (C=O) groups excluding carboxylic acids is 1. The van der Waals surface area contributed by atoms with Gasteiger partial charge in [0.25, 0.3) is 0 Å². The highest BCUT2D eigenvalue weighted by atomic mass is 16.1. The second kappa shape index (κ2) is 8.59. The van der Waals surface area contributed by atoms with Crippen molar-refractivity contribution in [2.24, 2.45) is 5.92 Å². The molecular formula is C24H29N3O. The van der Waals surface area contributed by atoms with Crippen LogP contribution in [0.4, 0.5) is 5.69 Å². The van der Waals surface area contributed by atoms with Gasteiger partial charge >= 0.3 is 0 Å². The molecule has 4 heteroatoms. The van der Waals surface area contributed by atoms with E-state index in [2.05, 4.69) is 52.5 Å². The number of aryl methyl sites for hydroxylation is 3. The Bertz CT molecular complexity index is 953. The SMILES string of the molecule is Cc1ccc2nc(CCc3cccc(NC(=O)CCC4CCCC4)c3)[nH]c2c1. The number of H-pyrrole nitrogens is 1. The molecule has 3 aromatic rings. The number of fused-ring (bicyclic) bond motifs is 1. The predicted molar refractivity (Wildman–Crippen MR) is 115 cm³/mol. The first kappa shape index (κ1) is 18.7. The Morgan fingerprint density at radius 1 is 1.14 bits per heavy atom. The van der Waals surface area contributed by atoms with Crippen molar-refractivity contribution >= 4 is 22.6 Å². The lowest BCUT2D eigenvalue weighted by Crippen LogP contribution is -2.13. The molecule has 2 aromatic carbocycles. The van der Waals surface area contributed by atoms with Crippen LogP contribution >= 0.6 is 0 Å². The van der Waals surface area contributed by atoms with Crippen LogP contribution in [0.3, 0.4) is 0 Å². The number of imidazole rings is 1. The third-order valence-corrected chi connectivity index (χ3v) is 5.80. The molecule has 1 aliphatic carbocycles. The minimum Gasteiger partial charge on any atom is -0.342 e. The lowest BCUT2D eigenvalue weighted by Gasteiger charge is -2.10. The fraction of sp³-hybridized carbons (Fsp3) is 0.417. The Balaban J connectivity index is 1.31. The molecule has 1 amide bonds. The monoisotopic (exact) mass is 375 g/mol. The average molecular weight is 376 g/mol. The van der Waals surface area contributed by atoms with Gasteiger partial charge in [-0.15, -0.1) is 0 Å². The van der Waals surface area contributed by atoms with E-state index in [1.165, 1.54) is 36.8 Å². The van der Waals surface area contributed by atoms with Crippen molar-refractivity contribution in [3.05, 3.63) is 59.4 Å². The molecule has 2 N–H and O–H groups in total. The number of benzene rings is 2. The summed E-state index contributed by atoms with van der Waals surface area (Å²) in [5.41, 5.74) is 5.46. The number of carbonyl (C=O) groups is 1. The minimum absolute atomic E-state index is 0.136. The summed E-state index contributed by atoms with van der Waals surface area (Å²) >= 11 is 0. The summed E-state index contributed by atoms with van der Waals surface area (Å²) in [6.07, 6.45) is 8.66. The summed E-state index contributed by atoms with van der Waals surface area (Å²) < 4.78 is 0. The van der Waals surface area contributed by atoms with Gasteiger partial charge in [0, 0.05) is 18.5 Å². The Hall–Kier alpha value is -2.62. The van der Waals surface area contributed by atoms with Gasteiger partial charge in [0.05, 0.1) is 11.0 Å². The summed E-state index contributed by atoms with van der Waals surface area (Å²) in [5, 5.41) is 3.07. The summed E-state index contributed by atoms with van der Waals surface area (Å²) in [6.45, 7) is 2.09. The molecule has 1 fully saturated rings. The Morgan fingerprint density at radius 2 is 2.00 bits per heavy atom. The first-order chi connectivity index (χ1) is 13.7. The molecule has 28 heavy (non-hydrogen) atoms. The Morgan fingerprint density at radius 3 is 2.86 bits per heavy atom. The van der Waals surface area contributed by atoms with Crippen molar-refractivity contribution in [1.29, 1.82) is 0 Å². The van der Waals surface area contributed by atoms with Crippen molar-refractivity contribution in [3.63, 3.8) is 0 Å². The first-order valence-electron chi connectivity index (χ1n) is 10.5. The van der Waals surface area contributed by atoms with Crippen LogP contribution in [0.15, 0.2) is 42.5 Å². The third kappa shape index (κ3) is 4.80. The van der Waals surface area contributed by atoms with Gasteiger partial charge in [-0.05, 0) is 61.1 Å². The molecule has 1 heterocycles. The number of nitrogens with one attached hydrogen (secondary N) is 2. The smallest absolute Gasteiger partial charge is 0.224 e. The fourth-order valence-electron chi connectivity index (χ4n) is 4.22. The van der Waals surface area contributed by atoms with Crippen LogP contribution in [0.5, 0.6) is 0 Å². The van der Waals surface area contributed by atoms with Crippen LogP contribution in [0.1, 0.15) is 55.5 Å². The zero-order chi connectivity index (χ0) is 19.3. The quantitative estimate of drug-likeness (QED) is 0.567. The maximum absolute atomic E-state index is 12.3.